The highest BCUT2D eigenvalue weighted by Gasteiger charge is 2.31. The number of anilines is 1. The lowest BCUT2D eigenvalue weighted by Crippen LogP contribution is -2.51. The first-order valence-electron chi connectivity index (χ1n) is 18.3. The Labute approximate surface area is 296 Å². The zero-order chi connectivity index (χ0) is 35.8. The van der Waals surface area contributed by atoms with Crippen molar-refractivity contribution < 1.29 is 38.1 Å². The Balaban J connectivity index is 1.30. The van der Waals surface area contributed by atoms with Gasteiger partial charge in [0.25, 0.3) is 0 Å². The fraction of sp³-hybridized carbons (Fsp3) is 0.658. The second kappa shape index (κ2) is 17.6. The lowest BCUT2D eigenvalue weighted by Gasteiger charge is -2.38. The van der Waals surface area contributed by atoms with E-state index >= 15 is 4.39 Å². The first kappa shape index (κ1) is 37.8. The number of esters is 1. The lowest BCUT2D eigenvalue weighted by atomic mass is 9.91. The third-order valence-electron chi connectivity index (χ3n) is 10.5. The van der Waals surface area contributed by atoms with Crippen LogP contribution in [0.5, 0.6) is 0 Å². The number of benzene rings is 1. The second-order valence-corrected chi connectivity index (χ2v) is 14.5. The van der Waals surface area contributed by atoms with Crippen LogP contribution in [-0.2, 0) is 23.8 Å². The Morgan fingerprint density at radius 3 is 2.30 bits per heavy atom. The number of amides is 2. The molecule has 0 bridgehead atoms. The van der Waals surface area contributed by atoms with Crippen molar-refractivity contribution >= 4 is 29.7 Å². The van der Waals surface area contributed by atoms with Crippen LogP contribution in [0, 0.1) is 23.6 Å². The molecule has 3 saturated heterocycles. The molecule has 4 aliphatic heterocycles. The molecule has 0 unspecified atom stereocenters. The SMILES string of the molecule is C/C(=C\c1cc(F)cc(N2CCN(C(=O)C3CCOCC3)CC2)c1)[C@H]1OC(=O)C[C@H](O)CC[C@H](C)[C@@H](OC(=O)N2CCN(C)CC2)/C=C\[C@@H]1C. The molecule has 0 radical (unpaired) electrons. The van der Waals surface area contributed by atoms with Gasteiger partial charge in [-0.1, -0.05) is 26.0 Å². The Morgan fingerprint density at radius 1 is 0.920 bits per heavy atom. The average Bonchev–Trinajstić information content (AvgIpc) is 3.10. The molecule has 1 aromatic carbocycles. The molecule has 276 valence electrons. The normalized spacial score (nSPS) is 29.1. The van der Waals surface area contributed by atoms with Crippen molar-refractivity contribution in [3.05, 3.63) is 47.3 Å². The van der Waals surface area contributed by atoms with Crippen LogP contribution < -0.4 is 4.90 Å². The molecule has 11 nitrogen and oxygen atoms in total. The number of hydrogen-bond acceptors (Lipinski definition) is 9. The van der Waals surface area contributed by atoms with Gasteiger partial charge in [0.15, 0.2) is 0 Å². The van der Waals surface area contributed by atoms with E-state index in [2.05, 4.69) is 9.80 Å². The van der Waals surface area contributed by atoms with Gasteiger partial charge in [0, 0.05) is 83.1 Å². The van der Waals surface area contributed by atoms with Gasteiger partial charge in [0.05, 0.1) is 12.5 Å². The number of carbonyl (C=O) groups excluding carboxylic acids is 3. The topological polar surface area (TPSA) is 112 Å². The molecule has 4 aliphatic rings. The van der Waals surface area contributed by atoms with E-state index in [-0.39, 0.29) is 42.0 Å². The van der Waals surface area contributed by atoms with E-state index in [0.717, 1.165) is 31.6 Å². The van der Waals surface area contributed by atoms with Crippen LogP contribution >= 0.6 is 0 Å². The molecule has 0 spiro atoms. The largest absolute Gasteiger partial charge is 0.457 e. The fourth-order valence-corrected chi connectivity index (χ4v) is 7.22. The van der Waals surface area contributed by atoms with Crippen LogP contribution in [0.15, 0.2) is 35.9 Å². The molecule has 2 amide bonds. The van der Waals surface area contributed by atoms with Crippen molar-refractivity contribution in [2.45, 2.75) is 71.2 Å². The Morgan fingerprint density at radius 2 is 1.60 bits per heavy atom. The fourth-order valence-electron chi connectivity index (χ4n) is 7.22. The number of piperazine rings is 2. The Bertz CT molecular complexity index is 1380. The number of rotatable bonds is 5. The molecule has 0 saturated carbocycles. The van der Waals surface area contributed by atoms with E-state index in [4.69, 9.17) is 14.2 Å². The summed E-state index contributed by atoms with van der Waals surface area (Å²) in [5, 5.41) is 10.7. The maximum atomic E-state index is 15.0. The van der Waals surface area contributed by atoms with Crippen LogP contribution in [0.25, 0.3) is 6.08 Å². The minimum absolute atomic E-state index is 0.0148. The summed E-state index contributed by atoms with van der Waals surface area (Å²) < 4.78 is 32.4. The predicted molar refractivity (Wildman–Crippen MR) is 189 cm³/mol. The van der Waals surface area contributed by atoms with Crippen molar-refractivity contribution in [1.82, 2.24) is 14.7 Å². The first-order chi connectivity index (χ1) is 24.0. The predicted octanol–water partition coefficient (Wildman–Crippen LogP) is 4.34. The molecule has 0 aliphatic carbocycles. The number of aliphatic hydroxyl groups is 1. The molecule has 0 aromatic heterocycles. The molecule has 4 heterocycles. The first-order valence-corrected chi connectivity index (χ1v) is 18.3. The monoisotopic (exact) mass is 698 g/mol. The molecular formula is C38H55FN4O7. The number of halogens is 1. The smallest absolute Gasteiger partial charge is 0.410 e. The van der Waals surface area contributed by atoms with Crippen molar-refractivity contribution in [2.75, 3.05) is 77.5 Å². The van der Waals surface area contributed by atoms with E-state index in [9.17, 15) is 19.5 Å². The van der Waals surface area contributed by atoms with Gasteiger partial charge < -0.3 is 38.9 Å². The van der Waals surface area contributed by atoms with Gasteiger partial charge in [0.2, 0.25) is 5.91 Å². The van der Waals surface area contributed by atoms with E-state index in [1.807, 2.05) is 57.0 Å². The second-order valence-electron chi connectivity index (χ2n) is 14.5. The third-order valence-corrected chi connectivity index (χ3v) is 10.5. The summed E-state index contributed by atoms with van der Waals surface area (Å²) in [6.45, 7) is 12.1. The average molecular weight is 699 g/mol. The Hall–Kier alpha value is -3.48. The summed E-state index contributed by atoms with van der Waals surface area (Å²) in [4.78, 5) is 47.0. The minimum atomic E-state index is -0.888. The van der Waals surface area contributed by atoms with Crippen molar-refractivity contribution in [2.24, 2.45) is 17.8 Å². The van der Waals surface area contributed by atoms with Crippen molar-refractivity contribution in [3.63, 3.8) is 0 Å². The van der Waals surface area contributed by atoms with Crippen LogP contribution in [0.1, 0.15) is 58.4 Å². The summed E-state index contributed by atoms with van der Waals surface area (Å²) in [6, 6.07) is 4.88. The number of hydrogen-bond donors (Lipinski definition) is 1. The highest BCUT2D eigenvalue weighted by molar-refractivity contribution is 5.79. The summed E-state index contributed by atoms with van der Waals surface area (Å²) in [7, 11) is 2.03. The zero-order valence-electron chi connectivity index (χ0n) is 30.1. The molecule has 5 rings (SSSR count). The van der Waals surface area contributed by atoms with E-state index in [0.29, 0.717) is 76.5 Å². The molecule has 1 N–H and O–H groups in total. The number of ether oxygens (including phenoxy) is 3. The maximum absolute atomic E-state index is 15.0. The molecule has 12 heteroatoms. The van der Waals surface area contributed by atoms with Crippen molar-refractivity contribution in [1.29, 1.82) is 0 Å². The third kappa shape index (κ3) is 10.3. The number of cyclic esters (lactones) is 1. The highest BCUT2D eigenvalue weighted by Crippen LogP contribution is 2.28. The molecule has 50 heavy (non-hydrogen) atoms. The number of likely N-dealkylation sites (N-methyl/N-ethyl adjacent to an activating group) is 1. The van der Waals surface area contributed by atoms with E-state index < -0.39 is 24.3 Å². The summed E-state index contributed by atoms with van der Waals surface area (Å²) in [5.74, 6) is -1.08. The van der Waals surface area contributed by atoms with Crippen LogP contribution in [0.2, 0.25) is 0 Å². The minimum Gasteiger partial charge on any atom is -0.457 e. The van der Waals surface area contributed by atoms with Gasteiger partial charge in [0.1, 0.15) is 18.0 Å². The number of aliphatic hydroxyl groups excluding tert-OH is 1. The van der Waals surface area contributed by atoms with Gasteiger partial charge in [-0.05, 0) is 81.0 Å². The summed E-state index contributed by atoms with van der Waals surface area (Å²) in [5.41, 5.74) is 2.07. The number of nitrogens with zero attached hydrogens (tertiary/aromatic N) is 4. The lowest BCUT2D eigenvalue weighted by molar-refractivity contribution is -0.151. The van der Waals surface area contributed by atoms with Gasteiger partial charge in [-0.25, -0.2) is 9.18 Å². The van der Waals surface area contributed by atoms with E-state index in [1.165, 1.54) is 12.1 Å². The number of carbonyl (C=O) groups is 3. The summed E-state index contributed by atoms with van der Waals surface area (Å²) >= 11 is 0. The van der Waals surface area contributed by atoms with Crippen LogP contribution in [0.3, 0.4) is 0 Å². The molecular weight excluding hydrogens is 643 g/mol. The van der Waals surface area contributed by atoms with Crippen LogP contribution in [-0.4, -0.2) is 129 Å². The van der Waals surface area contributed by atoms with Crippen molar-refractivity contribution in [3.8, 4) is 0 Å². The summed E-state index contributed by atoms with van der Waals surface area (Å²) in [6.07, 6.45) is 5.47. The molecule has 5 atom stereocenters. The quantitative estimate of drug-likeness (QED) is 0.355. The molecule has 1 aromatic rings. The Kier molecular flexibility index (Phi) is 13.3. The van der Waals surface area contributed by atoms with Gasteiger partial charge in [-0.2, -0.15) is 0 Å². The van der Waals surface area contributed by atoms with Gasteiger partial charge in [-0.15, -0.1) is 0 Å². The molecule has 3 fully saturated rings. The maximum Gasteiger partial charge on any atom is 0.410 e. The van der Waals surface area contributed by atoms with Gasteiger partial charge >= 0.3 is 12.1 Å². The highest BCUT2D eigenvalue weighted by atomic mass is 19.1. The standard InChI is InChI=1S/C38H55FN4O7/c1-26-5-7-33(44)25-35(45)50-36(27(2)6-8-34(26)49-38(47)43-13-11-40(4)12-14-43)28(3)21-29-22-31(39)24-32(23-29)41-15-17-42(18-16-41)37(46)30-9-19-48-20-10-30/h6,8,21-24,26-27,30,33-34,36,44H,5,7,9-20,25H2,1-4H3/b8-6-,28-21+/t26-,27-,33+,34-,36-/m0/s1. The van der Waals surface area contributed by atoms with Gasteiger partial charge in [-0.3, -0.25) is 9.59 Å². The zero-order valence-corrected chi connectivity index (χ0v) is 30.1. The van der Waals surface area contributed by atoms with E-state index in [1.54, 1.807) is 4.90 Å². The van der Waals surface area contributed by atoms with Crippen LogP contribution in [0.4, 0.5) is 14.9 Å².